The van der Waals surface area contributed by atoms with E-state index in [1.165, 1.54) is 36.4 Å². The molecule has 1 aromatic heterocycles. The van der Waals surface area contributed by atoms with Crippen molar-refractivity contribution in [1.82, 2.24) is 4.98 Å². The van der Waals surface area contributed by atoms with E-state index in [0.29, 0.717) is 22.2 Å². The molecule has 0 aliphatic rings. The molecule has 0 bridgehead atoms. The first-order chi connectivity index (χ1) is 17.0. The number of H-pyrrole nitrogens is 1. The van der Waals surface area contributed by atoms with Crippen LogP contribution in [0.5, 0.6) is 5.75 Å². The van der Waals surface area contributed by atoms with Crippen molar-refractivity contribution in [3.8, 4) is 28.1 Å². The summed E-state index contributed by atoms with van der Waals surface area (Å²) < 4.78 is 0. The number of aromatic amines is 1. The summed E-state index contributed by atoms with van der Waals surface area (Å²) in [6, 6.07) is 14.9. The molecule has 0 saturated heterocycles. The van der Waals surface area contributed by atoms with Gasteiger partial charge in [0.1, 0.15) is 11.6 Å². The Morgan fingerprint density at radius 2 is 1.78 bits per heavy atom. The van der Waals surface area contributed by atoms with E-state index in [9.17, 15) is 35.0 Å². The molecule has 1 heterocycles. The minimum absolute atomic E-state index is 0.0993. The highest BCUT2D eigenvalue weighted by Gasteiger charge is 2.27. The second kappa shape index (κ2) is 9.22. The van der Waals surface area contributed by atoms with Gasteiger partial charge in [0.2, 0.25) is 0 Å². The van der Waals surface area contributed by atoms with Gasteiger partial charge < -0.3 is 26.0 Å². The van der Waals surface area contributed by atoms with Crippen molar-refractivity contribution in [2.24, 2.45) is 5.73 Å². The van der Waals surface area contributed by atoms with E-state index in [0.717, 1.165) is 0 Å². The van der Waals surface area contributed by atoms with Crippen LogP contribution in [0.15, 0.2) is 60.7 Å². The number of hydrogen-bond acceptors (Lipinski definition) is 6. The molecule has 11 heteroatoms. The Kier molecular flexibility index (Phi) is 6.13. The molecule has 4 aromatic rings. The predicted octanol–water partition coefficient (Wildman–Crippen LogP) is 4.04. The largest absolute Gasteiger partial charge is 0.507 e. The van der Waals surface area contributed by atoms with Crippen LogP contribution in [0.1, 0.15) is 23.5 Å². The number of aromatic hydroxyl groups is 1. The number of phenols is 1. The highest BCUT2D eigenvalue weighted by atomic mass is 16.6. The third-order valence-corrected chi connectivity index (χ3v) is 5.80. The SMILES string of the molecule is N=C(N)c1ccc2[nH]c(-c3cc(C(CC(=O)O)C(=O)O)cc(-c4cccc([N+](=O)[O-])c4)c3O)cc2c1. The lowest BCUT2D eigenvalue weighted by Crippen LogP contribution is -2.16. The zero-order chi connectivity index (χ0) is 26.1. The van der Waals surface area contributed by atoms with Gasteiger partial charge in [0, 0.05) is 39.7 Å². The number of nitrogens with zero attached hydrogens (tertiary/aromatic N) is 1. The number of hydrogen-bond donors (Lipinski definition) is 6. The maximum atomic E-state index is 11.9. The van der Waals surface area contributed by atoms with Crippen molar-refractivity contribution in [2.45, 2.75) is 12.3 Å². The quantitative estimate of drug-likeness (QED) is 0.0921. The van der Waals surface area contributed by atoms with Crippen LogP contribution in [-0.2, 0) is 9.59 Å². The summed E-state index contributed by atoms with van der Waals surface area (Å²) >= 11 is 0. The number of non-ortho nitro benzene ring substituents is 1. The fourth-order valence-electron chi connectivity index (χ4n) is 4.04. The lowest BCUT2D eigenvalue weighted by atomic mass is 9.89. The number of carboxylic acids is 2. The van der Waals surface area contributed by atoms with E-state index in [4.69, 9.17) is 11.1 Å². The molecule has 0 spiro atoms. The average molecular weight is 488 g/mol. The van der Waals surface area contributed by atoms with Crippen LogP contribution in [0.25, 0.3) is 33.3 Å². The molecular formula is C25H20N4O7. The van der Waals surface area contributed by atoms with Gasteiger partial charge in [0.05, 0.1) is 23.0 Å². The number of nitro benzene ring substituents is 1. The standard InChI is InChI=1S/C25H20N4O7/c26-24(27)13-4-5-20-15(6-13)10-21(28-20)19-9-14(18(25(33)34)11-22(30)31)8-17(23(19)32)12-2-1-3-16(7-12)29(35)36/h1-10,18,28,32H,11H2,(H3,26,27)(H,30,31)(H,33,34). The lowest BCUT2D eigenvalue weighted by molar-refractivity contribution is -0.384. The van der Waals surface area contributed by atoms with Gasteiger partial charge in [-0.05, 0) is 47.5 Å². The number of amidine groups is 1. The fraction of sp³-hybridized carbons (Fsp3) is 0.0800. The van der Waals surface area contributed by atoms with E-state index in [1.54, 1.807) is 24.3 Å². The minimum atomic E-state index is -1.44. The summed E-state index contributed by atoms with van der Waals surface area (Å²) in [6.07, 6.45) is -0.706. The van der Waals surface area contributed by atoms with Crippen molar-refractivity contribution in [3.63, 3.8) is 0 Å². The first kappa shape index (κ1) is 24.0. The molecule has 1 unspecified atom stereocenters. The summed E-state index contributed by atoms with van der Waals surface area (Å²) in [6.45, 7) is 0. The van der Waals surface area contributed by atoms with E-state index in [1.807, 2.05) is 0 Å². The summed E-state index contributed by atoms with van der Waals surface area (Å²) in [4.78, 5) is 37.1. The number of phenolic OH excluding ortho intramolecular Hbond substituents is 1. The lowest BCUT2D eigenvalue weighted by Gasteiger charge is -2.16. The number of nitrogens with two attached hydrogens (primary N) is 1. The molecule has 11 nitrogen and oxygen atoms in total. The molecular weight excluding hydrogens is 468 g/mol. The summed E-state index contributed by atoms with van der Waals surface area (Å²) in [5.41, 5.74) is 7.47. The van der Waals surface area contributed by atoms with Gasteiger partial charge in [-0.3, -0.25) is 25.1 Å². The van der Waals surface area contributed by atoms with Crippen molar-refractivity contribution < 1.29 is 29.8 Å². The highest BCUT2D eigenvalue weighted by molar-refractivity contribution is 6.00. The van der Waals surface area contributed by atoms with Crippen LogP contribution in [0.4, 0.5) is 5.69 Å². The van der Waals surface area contributed by atoms with Crippen LogP contribution in [0.3, 0.4) is 0 Å². The molecule has 0 fully saturated rings. The maximum Gasteiger partial charge on any atom is 0.311 e. The number of nitro groups is 1. The molecule has 36 heavy (non-hydrogen) atoms. The number of carboxylic acid groups (broad SMARTS) is 2. The predicted molar refractivity (Wildman–Crippen MR) is 131 cm³/mol. The molecule has 7 N–H and O–H groups in total. The van der Waals surface area contributed by atoms with Gasteiger partial charge in [-0.15, -0.1) is 0 Å². The average Bonchev–Trinajstić information content (AvgIpc) is 3.25. The number of nitrogen functional groups attached to an aromatic ring is 1. The van der Waals surface area contributed by atoms with Crippen molar-refractivity contribution >= 4 is 34.4 Å². The Bertz CT molecular complexity index is 1560. The van der Waals surface area contributed by atoms with Gasteiger partial charge >= 0.3 is 11.9 Å². The van der Waals surface area contributed by atoms with Crippen molar-refractivity contribution in [3.05, 3.63) is 81.9 Å². The molecule has 4 rings (SSSR count). The molecule has 0 amide bonds. The number of aliphatic carboxylic acids is 2. The molecule has 0 radical (unpaired) electrons. The van der Waals surface area contributed by atoms with E-state index in [2.05, 4.69) is 4.98 Å². The number of aromatic nitrogens is 1. The number of nitrogens with one attached hydrogen (secondary N) is 2. The zero-order valence-electron chi connectivity index (χ0n) is 18.6. The second-order valence-corrected chi connectivity index (χ2v) is 8.16. The van der Waals surface area contributed by atoms with Crippen LogP contribution in [0.2, 0.25) is 0 Å². The van der Waals surface area contributed by atoms with Crippen LogP contribution < -0.4 is 5.73 Å². The van der Waals surface area contributed by atoms with Crippen LogP contribution in [-0.4, -0.2) is 43.0 Å². The zero-order valence-corrected chi connectivity index (χ0v) is 18.6. The number of carbonyl (C=O) groups is 2. The summed E-state index contributed by atoms with van der Waals surface area (Å²) in [5, 5.41) is 49.8. The Balaban J connectivity index is 1.98. The smallest absolute Gasteiger partial charge is 0.311 e. The Morgan fingerprint density at radius 1 is 1.06 bits per heavy atom. The Hall–Kier alpha value is -5.19. The van der Waals surface area contributed by atoms with Crippen LogP contribution in [0, 0.1) is 15.5 Å². The Labute approximate surface area is 203 Å². The number of rotatable bonds is 8. The highest BCUT2D eigenvalue weighted by Crippen LogP contribution is 2.42. The number of benzene rings is 3. The van der Waals surface area contributed by atoms with Gasteiger partial charge in [0.25, 0.3) is 5.69 Å². The molecule has 0 aliphatic heterocycles. The molecule has 0 aliphatic carbocycles. The minimum Gasteiger partial charge on any atom is -0.507 e. The fourth-order valence-corrected chi connectivity index (χ4v) is 4.04. The van der Waals surface area contributed by atoms with E-state index in [-0.39, 0.29) is 39.5 Å². The topological polar surface area (TPSA) is 204 Å². The summed E-state index contributed by atoms with van der Waals surface area (Å²) in [7, 11) is 0. The molecule has 0 saturated carbocycles. The van der Waals surface area contributed by atoms with Gasteiger partial charge in [0.15, 0.2) is 0 Å². The van der Waals surface area contributed by atoms with E-state index >= 15 is 0 Å². The van der Waals surface area contributed by atoms with Gasteiger partial charge in [-0.2, -0.15) is 0 Å². The Morgan fingerprint density at radius 3 is 2.42 bits per heavy atom. The van der Waals surface area contributed by atoms with Crippen molar-refractivity contribution in [1.29, 1.82) is 5.41 Å². The third-order valence-electron chi connectivity index (χ3n) is 5.80. The molecule has 3 aromatic carbocycles. The summed E-state index contributed by atoms with van der Waals surface area (Å²) in [5.74, 6) is -4.54. The second-order valence-electron chi connectivity index (χ2n) is 8.16. The monoisotopic (exact) mass is 488 g/mol. The van der Waals surface area contributed by atoms with Gasteiger partial charge in [-0.25, -0.2) is 0 Å². The number of fused-ring (bicyclic) bond motifs is 1. The first-order valence-corrected chi connectivity index (χ1v) is 10.6. The van der Waals surface area contributed by atoms with Crippen molar-refractivity contribution in [2.75, 3.05) is 0 Å². The van der Waals surface area contributed by atoms with E-state index < -0.39 is 29.2 Å². The third kappa shape index (κ3) is 4.57. The maximum absolute atomic E-state index is 11.9. The molecule has 182 valence electrons. The normalized spacial score (nSPS) is 11.8. The first-order valence-electron chi connectivity index (χ1n) is 10.6. The van der Waals surface area contributed by atoms with Gasteiger partial charge in [-0.1, -0.05) is 12.1 Å². The molecule has 1 atom stereocenters. The van der Waals surface area contributed by atoms with Crippen LogP contribution >= 0.6 is 0 Å².